The molecular formula is C13H7ClF6N2. The summed E-state index contributed by atoms with van der Waals surface area (Å²) in [5.41, 5.74) is 1.16. The van der Waals surface area contributed by atoms with Gasteiger partial charge in [-0.15, -0.1) is 0 Å². The van der Waals surface area contributed by atoms with Crippen molar-refractivity contribution in [3.8, 4) is 11.1 Å². The molecule has 0 aliphatic carbocycles. The van der Waals surface area contributed by atoms with Gasteiger partial charge < -0.3 is 5.73 Å². The third-order valence-electron chi connectivity index (χ3n) is 2.85. The molecule has 2 rings (SSSR count). The van der Waals surface area contributed by atoms with Crippen molar-refractivity contribution >= 4 is 17.4 Å². The predicted molar refractivity (Wildman–Crippen MR) is 69.1 cm³/mol. The van der Waals surface area contributed by atoms with E-state index in [1.807, 2.05) is 0 Å². The van der Waals surface area contributed by atoms with Crippen LogP contribution in [0.15, 0.2) is 30.5 Å². The Balaban J connectivity index is 2.87. The van der Waals surface area contributed by atoms with Crippen LogP contribution in [0.5, 0.6) is 0 Å². The van der Waals surface area contributed by atoms with Crippen LogP contribution in [-0.4, -0.2) is 4.98 Å². The molecule has 1 aromatic heterocycles. The number of aromatic nitrogens is 1. The Bertz CT molecular complexity index is 709. The summed E-state index contributed by atoms with van der Waals surface area (Å²) in [6.07, 6.45) is -9.41. The van der Waals surface area contributed by atoms with Crippen molar-refractivity contribution < 1.29 is 26.3 Å². The molecule has 118 valence electrons. The number of hydrogen-bond donors (Lipinski definition) is 1. The summed E-state index contributed by atoms with van der Waals surface area (Å²) in [6, 6.07) is 3.82. The van der Waals surface area contributed by atoms with Gasteiger partial charge >= 0.3 is 12.4 Å². The summed E-state index contributed by atoms with van der Waals surface area (Å²) in [4.78, 5) is 3.27. The van der Waals surface area contributed by atoms with Gasteiger partial charge in [-0.05, 0) is 11.6 Å². The summed E-state index contributed by atoms with van der Waals surface area (Å²) in [5, 5.41) is -0.675. The number of benzene rings is 1. The number of hydrogen-bond acceptors (Lipinski definition) is 2. The zero-order valence-electron chi connectivity index (χ0n) is 10.6. The maximum Gasteiger partial charge on any atom is 0.418 e. The standard InChI is InChI=1S/C13H7ClF6N2/c14-10-9(8(13(18,19)20)5-22-11(10)21)6-3-1-2-4-7(6)12(15,16)17/h1-5H,(H2,21,22). The maximum atomic E-state index is 13.1. The summed E-state index contributed by atoms with van der Waals surface area (Å²) in [7, 11) is 0. The first-order valence-corrected chi connectivity index (χ1v) is 6.09. The molecule has 0 amide bonds. The van der Waals surface area contributed by atoms with Crippen LogP contribution in [0, 0.1) is 0 Å². The van der Waals surface area contributed by atoms with E-state index in [0.29, 0.717) is 12.3 Å². The third kappa shape index (κ3) is 2.96. The zero-order chi connectivity index (χ0) is 16.7. The van der Waals surface area contributed by atoms with Crippen molar-refractivity contribution in [1.82, 2.24) is 4.98 Å². The number of halogens is 7. The van der Waals surface area contributed by atoms with Gasteiger partial charge in [0.15, 0.2) is 0 Å². The Labute approximate surface area is 125 Å². The Morgan fingerprint density at radius 3 is 2.00 bits per heavy atom. The molecule has 1 aromatic carbocycles. The van der Waals surface area contributed by atoms with Crippen LogP contribution >= 0.6 is 11.6 Å². The summed E-state index contributed by atoms with van der Waals surface area (Å²) in [6.45, 7) is 0. The van der Waals surface area contributed by atoms with Gasteiger partial charge in [0.2, 0.25) is 0 Å². The molecule has 2 N–H and O–H groups in total. The number of rotatable bonds is 1. The average molecular weight is 341 g/mol. The van der Waals surface area contributed by atoms with E-state index >= 15 is 0 Å². The van der Waals surface area contributed by atoms with Gasteiger partial charge in [0.05, 0.1) is 16.1 Å². The topological polar surface area (TPSA) is 38.9 Å². The number of nitrogens with zero attached hydrogens (tertiary/aromatic N) is 1. The lowest BCUT2D eigenvalue weighted by Gasteiger charge is -2.18. The highest BCUT2D eigenvalue weighted by molar-refractivity contribution is 6.35. The molecule has 0 aliphatic rings. The smallest absolute Gasteiger partial charge is 0.382 e. The van der Waals surface area contributed by atoms with E-state index in [2.05, 4.69) is 4.98 Å². The number of nitrogen functional groups attached to an aromatic ring is 1. The number of alkyl halides is 6. The summed E-state index contributed by atoms with van der Waals surface area (Å²) in [5.74, 6) is -0.485. The molecule has 1 heterocycles. The molecule has 9 heteroatoms. The van der Waals surface area contributed by atoms with Crippen LogP contribution in [0.4, 0.5) is 32.2 Å². The van der Waals surface area contributed by atoms with Gasteiger partial charge in [-0.25, -0.2) is 4.98 Å². The highest BCUT2D eigenvalue weighted by atomic mass is 35.5. The van der Waals surface area contributed by atoms with E-state index in [4.69, 9.17) is 17.3 Å². The van der Waals surface area contributed by atoms with E-state index < -0.39 is 45.4 Å². The fourth-order valence-electron chi connectivity index (χ4n) is 1.93. The minimum atomic E-state index is -4.93. The van der Waals surface area contributed by atoms with Crippen molar-refractivity contribution in [3.05, 3.63) is 46.6 Å². The normalized spacial score (nSPS) is 12.5. The Kier molecular flexibility index (Phi) is 3.99. The average Bonchev–Trinajstić information content (AvgIpc) is 2.39. The Morgan fingerprint density at radius 2 is 1.45 bits per heavy atom. The van der Waals surface area contributed by atoms with Crippen molar-refractivity contribution in [3.63, 3.8) is 0 Å². The van der Waals surface area contributed by atoms with E-state index in [1.54, 1.807) is 0 Å². The van der Waals surface area contributed by atoms with Crippen LogP contribution < -0.4 is 5.73 Å². The second kappa shape index (κ2) is 5.35. The second-order valence-corrected chi connectivity index (χ2v) is 4.67. The molecule has 0 aliphatic heterocycles. The lowest BCUT2D eigenvalue weighted by atomic mass is 9.96. The molecule has 0 unspecified atom stereocenters. The van der Waals surface area contributed by atoms with E-state index in [9.17, 15) is 26.3 Å². The maximum absolute atomic E-state index is 13.1. The van der Waals surface area contributed by atoms with Gasteiger partial charge in [-0.1, -0.05) is 29.8 Å². The fraction of sp³-hybridized carbons (Fsp3) is 0.154. The molecule has 0 spiro atoms. The van der Waals surface area contributed by atoms with Gasteiger partial charge in [0.1, 0.15) is 5.82 Å². The van der Waals surface area contributed by atoms with Crippen LogP contribution in [0.2, 0.25) is 5.02 Å². The molecular weight excluding hydrogens is 334 g/mol. The van der Waals surface area contributed by atoms with Crippen molar-refractivity contribution in [2.75, 3.05) is 5.73 Å². The molecule has 0 saturated heterocycles. The molecule has 22 heavy (non-hydrogen) atoms. The summed E-state index contributed by atoms with van der Waals surface area (Å²) < 4.78 is 78.2. The minimum absolute atomic E-state index is 0.365. The third-order valence-corrected chi connectivity index (χ3v) is 3.24. The van der Waals surface area contributed by atoms with E-state index in [1.165, 1.54) is 6.07 Å². The Hall–Kier alpha value is -1.96. The lowest BCUT2D eigenvalue weighted by Crippen LogP contribution is -2.13. The first kappa shape index (κ1) is 16.4. The first-order valence-electron chi connectivity index (χ1n) is 5.71. The quantitative estimate of drug-likeness (QED) is 0.740. The highest BCUT2D eigenvalue weighted by Gasteiger charge is 2.39. The SMILES string of the molecule is Nc1ncc(C(F)(F)F)c(-c2ccccc2C(F)(F)F)c1Cl. The fourth-order valence-corrected chi connectivity index (χ4v) is 2.18. The number of nitrogens with two attached hydrogens (primary N) is 1. The second-order valence-electron chi connectivity index (χ2n) is 4.29. The molecule has 2 aromatic rings. The van der Waals surface area contributed by atoms with Crippen molar-refractivity contribution in [1.29, 1.82) is 0 Å². The van der Waals surface area contributed by atoms with Gasteiger partial charge in [0, 0.05) is 11.8 Å². The largest absolute Gasteiger partial charge is 0.418 e. The molecule has 0 atom stereocenters. The number of anilines is 1. The monoisotopic (exact) mass is 340 g/mol. The van der Waals surface area contributed by atoms with Crippen LogP contribution in [-0.2, 0) is 12.4 Å². The van der Waals surface area contributed by atoms with Crippen molar-refractivity contribution in [2.45, 2.75) is 12.4 Å². The molecule has 0 bridgehead atoms. The van der Waals surface area contributed by atoms with Crippen LogP contribution in [0.25, 0.3) is 11.1 Å². The zero-order valence-corrected chi connectivity index (χ0v) is 11.3. The van der Waals surface area contributed by atoms with Crippen LogP contribution in [0.3, 0.4) is 0 Å². The minimum Gasteiger partial charge on any atom is -0.382 e. The van der Waals surface area contributed by atoms with E-state index in [0.717, 1.165) is 12.1 Å². The molecule has 0 radical (unpaired) electrons. The molecule has 0 fully saturated rings. The molecule has 0 saturated carbocycles. The Morgan fingerprint density at radius 1 is 0.909 bits per heavy atom. The van der Waals surface area contributed by atoms with Gasteiger partial charge in [0.25, 0.3) is 0 Å². The number of pyridine rings is 1. The van der Waals surface area contributed by atoms with Gasteiger partial charge in [-0.3, -0.25) is 0 Å². The van der Waals surface area contributed by atoms with Crippen molar-refractivity contribution in [2.24, 2.45) is 0 Å². The van der Waals surface area contributed by atoms with E-state index in [-0.39, 0.29) is 0 Å². The van der Waals surface area contributed by atoms with Crippen LogP contribution in [0.1, 0.15) is 11.1 Å². The lowest BCUT2D eigenvalue weighted by molar-refractivity contribution is -0.139. The highest BCUT2D eigenvalue weighted by Crippen LogP contribution is 2.46. The summed E-state index contributed by atoms with van der Waals surface area (Å²) >= 11 is 5.71. The van der Waals surface area contributed by atoms with Gasteiger partial charge in [-0.2, -0.15) is 26.3 Å². The first-order chi connectivity index (χ1) is 10.0. The molecule has 2 nitrogen and oxygen atoms in total. The predicted octanol–water partition coefficient (Wildman–Crippen LogP) is 5.02.